The Morgan fingerprint density at radius 1 is 1.26 bits per heavy atom. The fourth-order valence-corrected chi connectivity index (χ4v) is 2.00. The molecule has 0 fully saturated rings. The maximum Gasteiger partial charge on any atom is 0.248 e. The van der Waals surface area contributed by atoms with Gasteiger partial charge in [0.1, 0.15) is 6.61 Å². The molecule has 1 aromatic carbocycles. The number of carbonyl (C=O) groups is 1. The van der Waals surface area contributed by atoms with Crippen LogP contribution < -0.4 is 0 Å². The summed E-state index contributed by atoms with van der Waals surface area (Å²) in [6, 6.07) is 10.00. The molecule has 0 unspecified atom stereocenters. The van der Waals surface area contributed by atoms with Crippen LogP contribution >= 0.6 is 15.9 Å². The summed E-state index contributed by atoms with van der Waals surface area (Å²) in [4.78, 5) is 14.0. The fourth-order valence-electron chi connectivity index (χ4n) is 1.57. The highest BCUT2D eigenvalue weighted by Gasteiger charge is 2.17. The van der Waals surface area contributed by atoms with Crippen molar-refractivity contribution in [1.29, 1.82) is 0 Å². The Labute approximate surface area is 124 Å². The van der Waals surface area contributed by atoms with Crippen molar-refractivity contribution in [2.24, 2.45) is 0 Å². The van der Waals surface area contributed by atoms with E-state index in [9.17, 15) is 4.79 Å². The van der Waals surface area contributed by atoms with Crippen molar-refractivity contribution in [2.75, 3.05) is 18.5 Å². The van der Waals surface area contributed by atoms with Gasteiger partial charge in [0.25, 0.3) is 0 Å². The maximum atomic E-state index is 12.2. The Hall–Kier alpha value is -0.870. The molecule has 0 saturated carbocycles. The average Bonchev–Trinajstić information content (AvgIpc) is 2.36. The van der Waals surface area contributed by atoms with Crippen LogP contribution in [0.5, 0.6) is 0 Å². The first kappa shape index (κ1) is 16.2. The van der Waals surface area contributed by atoms with Gasteiger partial charge < -0.3 is 9.64 Å². The van der Waals surface area contributed by atoms with E-state index in [0.717, 1.165) is 10.9 Å². The van der Waals surface area contributed by atoms with Gasteiger partial charge in [0.05, 0.1) is 5.60 Å². The van der Waals surface area contributed by atoms with Gasteiger partial charge in [0.15, 0.2) is 0 Å². The van der Waals surface area contributed by atoms with Crippen LogP contribution in [0.3, 0.4) is 0 Å². The zero-order valence-corrected chi connectivity index (χ0v) is 13.4. The standard InChI is InChI=1S/C15H22BrNO2/c1-15(2,3)19-12-14(18)17(10-9-16)11-13-7-5-4-6-8-13/h4-8H,9-12H2,1-3H3. The number of ether oxygens (including phenoxy) is 1. The number of rotatable bonds is 6. The van der Waals surface area contributed by atoms with Gasteiger partial charge in [-0.15, -0.1) is 0 Å². The average molecular weight is 328 g/mol. The van der Waals surface area contributed by atoms with Crippen molar-refractivity contribution in [3.8, 4) is 0 Å². The van der Waals surface area contributed by atoms with Gasteiger partial charge in [-0.05, 0) is 26.3 Å². The lowest BCUT2D eigenvalue weighted by molar-refractivity contribution is -0.141. The number of alkyl halides is 1. The highest BCUT2D eigenvalue weighted by atomic mass is 79.9. The van der Waals surface area contributed by atoms with Crippen molar-refractivity contribution in [3.05, 3.63) is 35.9 Å². The van der Waals surface area contributed by atoms with Crippen molar-refractivity contribution in [1.82, 2.24) is 4.90 Å². The summed E-state index contributed by atoms with van der Waals surface area (Å²) in [5.74, 6) is 0.0261. The van der Waals surface area contributed by atoms with E-state index >= 15 is 0 Å². The van der Waals surface area contributed by atoms with Gasteiger partial charge in [0.2, 0.25) is 5.91 Å². The molecule has 4 heteroatoms. The van der Waals surface area contributed by atoms with E-state index in [-0.39, 0.29) is 18.1 Å². The van der Waals surface area contributed by atoms with Gasteiger partial charge in [-0.1, -0.05) is 46.3 Å². The minimum Gasteiger partial charge on any atom is -0.366 e. The lowest BCUT2D eigenvalue weighted by atomic mass is 10.2. The zero-order chi connectivity index (χ0) is 14.3. The lowest BCUT2D eigenvalue weighted by Gasteiger charge is -2.25. The van der Waals surface area contributed by atoms with E-state index in [1.807, 2.05) is 56.0 Å². The molecule has 0 heterocycles. The number of hydrogen-bond acceptors (Lipinski definition) is 2. The Balaban J connectivity index is 2.59. The van der Waals surface area contributed by atoms with Crippen LogP contribution in [0.1, 0.15) is 26.3 Å². The topological polar surface area (TPSA) is 29.5 Å². The summed E-state index contributed by atoms with van der Waals surface area (Å²) < 4.78 is 5.55. The Morgan fingerprint density at radius 3 is 2.42 bits per heavy atom. The number of halogens is 1. The fraction of sp³-hybridized carbons (Fsp3) is 0.533. The molecule has 19 heavy (non-hydrogen) atoms. The third-order valence-corrected chi connectivity index (χ3v) is 2.91. The second kappa shape index (κ2) is 7.65. The highest BCUT2D eigenvalue weighted by Crippen LogP contribution is 2.09. The molecule has 3 nitrogen and oxygen atoms in total. The van der Waals surface area contributed by atoms with Crippen molar-refractivity contribution in [3.63, 3.8) is 0 Å². The summed E-state index contributed by atoms with van der Waals surface area (Å²) >= 11 is 3.39. The van der Waals surface area contributed by atoms with Gasteiger partial charge in [-0.25, -0.2) is 0 Å². The van der Waals surface area contributed by atoms with Crippen molar-refractivity contribution < 1.29 is 9.53 Å². The molecule has 1 aromatic rings. The van der Waals surface area contributed by atoms with E-state index in [1.165, 1.54) is 0 Å². The van der Waals surface area contributed by atoms with Gasteiger partial charge >= 0.3 is 0 Å². The van der Waals surface area contributed by atoms with Crippen LogP contribution in [0.4, 0.5) is 0 Å². The second-order valence-electron chi connectivity index (χ2n) is 5.39. The normalized spacial score (nSPS) is 11.4. The van der Waals surface area contributed by atoms with Crippen LogP contribution in [-0.4, -0.2) is 34.9 Å². The minimum absolute atomic E-state index is 0.0261. The summed E-state index contributed by atoms with van der Waals surface area (Å²) in [6.45, 7) is 7.29. The van der Waals surface area contributed by atoms with E-state index in [1.54, 1.807) is 0 Å². The predicted molar refractivity (Wildman–Crippen MR) is 81.4 cm³/mol. The van der Waals surface area contributed by atoms with E-state index < -0.39 is 0 Å². The van der Waals surface area contributed by atoms with Crippen molar-refractivity contribution >= 4 is 21.8 Å². The quantitative estimate of drug-likeness (QED) is 0.751. The van der Waals surface area contributed by atoms with E-state index in [2.05, 4.69) is 15.9 Å². The summed E-state index contributed by atoms with van der Waals surface area (Å²) in [6.07, 6.45) is 0. The summed E-state index contributed by atoms with van der Waals surface area (Å²) in [5, 5.41) is 0.765. The molecule has 0 saturated heterocycles. The molecule has 0 aliphatic carbocycles. The number of hydrogen-bond donors (Lipinski definition) is 0. The maximum absolute atomic E-state index is 12.2. The Bertz CT molecular complexity index is 387. The molecular weight excluding hydrogens is 306 g/mol. The van der Waals surface area contributed by atoms with Crippen LogP contribution in [-0.2, 0) is 16.1 Å². The number of nitrogens with zero attached hydrogens (tertiary/aromatic N) is 1. The third kappa shape index (κ3) is 6.73. The molecule has 0 radical (unpaired) electrons. The monoisotopic (exact) mass is 327 g/mol. The predicted octanol–water partition coefficient (Wildman–Crippen LogP) is 3.23. The van der Waals surface area contributed by atoms with Gasteiger partial charge in [-0.2, -0.15) is 0 Å². The molecule has 0 spiro atoms. The molecule has 1 rings (SSSR count). The molecule has 0 aliphatic heterocycles. The van der Waals surface area contributed by atoms with Gasteiger partial charge in [-0.3, -0.25) is 4.79 Å². The molecule has 0 atom stereocenters. The third-order valence-electron chi connectivity index (χ3n) is 2.55. The molecule has 106 valence electrons. The lowest BCUT2D eigenvalue weighted by Crippen LogP contribution is -2.37. The molecule has 0 N–H and O–H groups in total. The first-order valence-corrected chi connectivity index (χ1v) is 7.56. The molecular formula is C15H22BrNO2. The second-order valence-corrected chi connectivity index (χ2v) is 6.18. The number of carbonyl (C=O) groups excluding carboxylic acids is 1. The zero-order valence-electron chi connectivity index (χ0n) is 11.9. The van der Waals surface area contributed by atoms with Crippen LogP contribution in [0.15, 0.2) is 30.3 Å². The largest absolute Gasteiger partial charge is 0.366 e. The highest BCUT2D eigenvalue weighted by molar-refractivity contribution is 9.09. The van der Waals surface area contributed by atoms with Crippen LogP contribution in [0.2, 0.25) is 0 Å². The Kier molecular flexibility index (Phi) is 6.52. The molecule has 0 aliphatic rings. The first-order valence-electron chi connectivity index (χ1n) is 6.44. The van der Waals surface area contributed by atoms with Crippen LogP contribution in [0, 0.1) is 0 Å². The minimum atomic E-state index is -0.289. The SMILES string of the molecule is CC(C)(C)OCC(=O)N(CCBr)Cc1ccccc1. The molecule has 0 bridgehead atoms. The van der Waals surface area contributed by atoms with Gasteiger partial charge in [0, 0.05) is 18.4 Å². The summed E-state index contributed by atoms with van der Waals surface area (Å²) in [7, 11) is 0. The molecule has 0 aromatic heterocycles. The van der Waals surface area contributed by atoms with E-state index in [0.29, 0.717) is 13.1 Å². The smallest absolute Gasteiger partial charge is 0.248 e. The summed E-state index contributed by atoms with van der Waals surface area (Å²) in [5.41, 5.74) is 0.843. The van der Waals surface area contributed by atoms with Crippen molar-refractivity contribution in [2.45, 2.75) is 32.9 Å². The first-order chi connectivity index (χ1) is 8.92. The molecule has 1 amide bonds. The van der Waals surface area contributed by atoms with Crippen LogP contribution in [0.25, 0.3) is 0 Å². The Morgan fingerprint density at radius 2 is 1.89 bits per heavy atom. The van der Waals surface area contributed by atoms with E-state index in [4.69, 9.17) is 4.74 Å². The number of benzene rings is 1. The number of amides is 1.